The first-order chi connectivity index (χ1) is 10.6. The van der Waals surface area contributed by atoms with E-state index in [2.05, 4.69) is 21.2 Å². The van der Waals surface area contributed by atoms with Gasteiger partial charge in [0.1, 0.15) is 0 Å². The zero-order valence-corrected chi connectivity index (χ0v) is 13.2. The monoisotopic (exact) mass is 298 g/mol. The molecule has 1 unspecified atom stereocenters. The molecule has 0 saturated carbocycles. The van der Waals surface area contributed by atoms with Crippen molar-refractivity contribution in [1.29, 1.82) is 0 Å². The van der Waals surface area contributed by atoms with E-state index in [1.807, 2.05) is 31.0 Å². The minimum absolute atomic E-state index is 0.196. The highest BCUT2D eigenvalue weighted by molar-refractivity contribution is 5.79. The third-order valence-electron chi connectivity index (χ3n) is 4.54. The van der Waals surface area contributed by atoms with Crippen LogP contribution in [-0.4, -0.2) is 39.1 Å². The lowest BCUT2D eigenvalue weighted by atomic mass is 9.91. The summed E-state index contributed by atoms with van der Waals surface area (Å²) >= 11 is 0. The molecule has 1 atom stereocenters. The van der Waals surface area contributed by atoms with Gasteiger partial charge in [-0.05, 0) is 38.3 Å². The lowest BCUT2D eigenvalue weighted by Gasteiger charge is -2.33. The maximum absolute atomic E-state index is 12.6. The van der Waals surface area contributed by atoms with Crippen molar-refractivity contribution in [2.24, 2.45) is 0 Å². The second kappa shape index (κ2) is 6.30. The maximum Gasteiger partial charge on any atom is 0.227 e. The molecule has 5 heteroatoms. The van der Waals surface area contributed by atoms with Gasteiger partial charge in [-0.3, -0.25) is 14.9 Å². The van der Waals surface area contributed by atoms with Crippen molar-refractivity contribution in [2.45, 2.75) is 39.0 Å². The molecule has 1 amide bonds. The van der Waals surface area contributed by atoms with E-state index in [0.29, 0.717) is 12.3 Å². The molecule has 0 radical (unpaired) electrons. The summed E-state index contributed by atoms with van der Waals surface area (Å²) in [6, 6.07) is 4.07. The van der Waals surface area contributed by atoms with Gasteiger partial charge in [0.05, 0.1) is 12.1 Å². The fourth-order valence-electron chi connectivity index (χ4n) is 3.19. The smallest absolute Gasteiger partial charge is 0.227 e. The molecule has 1 saturated heterocycles. The number of aryl methyl sites for hydroxylation is 2. The molecule has 1 fully saturated rings. The van der Waals surface area contributed by atoms with Gasteiger partial charge in [-0.15, -0.1) is 0 Å². The van der Waals surface area contributed by atoms with Crippen molar-refractivity contribution in [2.75, 3.05) is 13.1 Å². The van der Waals surface area contributed by atoms with Crippen LogP contribution in [-0.2, 0) is 11.2 Å². The summed E-state index contributed by atoms with van der Waals surface area (Å²) in [7, 11) is 0. The van der Waals surface area contributed by atoms with Crippen LogP contribution in [0.25, 0.3) is 0 Å². The predicted octanol–water partition coefficient (Wildman–Crippen LogP) is 2.37. The topological polar surface area (TPSA) is 61.9 Å². The minimum atomic E-state index is 0.196. The largest absolute Gasteiger partial charge is 0.342 e. The van der Waals surface area contributed by atoms with Gasteiger partial charge in [-0.25, -0.2) is 0 Å². The van der Waals surface area contributed by atoms with E-state index in [4.69, 9.17) is 0 Å². The van der Waals surface area contributed by atoms with Crippen LogP contribution in [0.3, 0.4) is 0 Å². The van der Waals surface area contributed by atoms with Gasteiger partial charge < -0.3 is 4.90 Å². The van der Waals surface area contributed by atoms with Gasteiger partial charge in [-0.2, -0.15) is 5.10 Å². The van der Waals surface area contributed by atoms with E-state index in [1.165, 1.54) is 5.56 Å². The van der Waals surface area contributed by atoms with Crippen LogP contribution >= 0.6 is 0 Å². The number of piperidine rings is 1. The third kappa shape index (κ3) is 3.03. The molecule has 1 aliphatic heterocycles. The van der Waals surface area contributed by atoms with Gasteiger partial charge >= 0.3 is 0 Å². The van der Waals surface area contributed by atoms with Crippen molar-refractivity contribution in [3.63, 3.8) is 0 Å². The zero-order chi connectivity index (χ0) is 15.5. The lowest BCUT2D eigenvalue weighted by molar-refractivity contribution is -0.131. The first-order valence-corrected chi connectivity index (χ1v) is 7.83. The fraction of sp³-hybridized carbons (Fsp3) is 0.471. The van der Waals surface area contributed by atoms with Gasteiger partial charge in [0, 0.05) is 42.7 Å². The number of rotatable bonds is 3. The maximum atomic E-state index is 12.6. The molecule has 2 aromatic rings. The Morgan fingerprint density at radius 3 is 3.00 bits per heavy atom. The van der Waals surface area contributed by atoms with Crippen molar-refractivity contribution < 1.29 is 4.79 Å². The first-order valence-electron chi connectivity index (χ1n) is 7.83. The standard InChI is InChI=1S/C17H22N4O/c1-12-16(13(2)20-19-12)9-17(22)21-8-4-6-15(11-21)14-5-3-7-18-10-14/h3,5,7,10,15H,4,6,8-9,11H2,1-2H3,(H,19,20). The average molecular weight is 298 g/mol. The van der Waals surface area contributed by atoms with E-state index in [1.54, 1.807) is 6.20 Å². The van der Waals surface area contributed by atoms with E-state index < -0.39 is 0 Å². The Bertz CT molecular complexity index is 630. The molecule has 116 valence electrons. The Hall–Kier alpha value is -2.17. The van der Waals surface area contributed by atoms with Crippen LogP contribution in [0.4, 0.5) is 0 Å². The van der Waals surface area contributed by atoms with Crippen LogP contribution in [0.2, 0.25) is 0 Å². The normalized spacial score (nSPS) is 18.5. The van der Waals surface area contributed by atoms with Gasteiger partial charge in [0.25, 0.3) is 0 Å². The Labute approximate surface area is 130 Å². The number of nitrogens with zero attached hydrogens (tertiary/aromatic N) is 3. The zero-order valence-electron chi connectivity index (χ0n) is 13.2. The number of H-pyrrole nitrogens is 1. The average Bonchev–Trinajstić information content (AvgIpc) is 2.88. The first kappa shape index (κ1) is 14.8. The van der Waals surface area contributed by atoms with Crippen LogP contribution < -0.4 is 0 Å². The second-order valence-corrected chi connectivity index (χ2v) is 6.05. The number of pyridine rings is 1. The van der Waals surface area contributed by atoms with Gasteiger partial charge in [-0.1, -0.05) is 6.07 Å². The number of hydrogen-bond donors (Lipinski definition) is 1. The number of amides is 1. The third-order valence-corrected chi connectivity index (χ3v) is 4.54. The van der Waals surface area contributed by atoms with E-state index in [-0.39, 0.29) is 5.91 Å². The second-order valence-electron chi connectivity index (χ2n) is 6.05. The SMILES string of the molecule is Cc1n[nH]c(C)c1CC(=O)N1CCCC(c2cccnc2)C1. The molecule has 1 N–H and O–H groups in total. The van der Waals surface area contributed by atoms with E-state index in [9.17, 15) is 4.79 Å². The fourth-order valence-corrected chi connectivity index (χ4v) is 3.19. The molecule has 1 aliphatic rings. The molecule has 2 aromatic heterocycles. The van der Waals surface area contributed by atoms with Crippen LogP contribution in [0.1, 0.15) is 41.3 Å². The van der Waals surface area contributed by atoms with Gasteiger partial charge in [0.2, 0.25) is 5.91 Å². The van der Waals surface area contributed by atoms with Crippen molar-refractivity contribution in [3.8, 4) is 0 Å². The van der Waals surface area contributed by atoms with Crippen molar-refractivity contribution in [1.82, 2.24) is 20.1 Å². The summed E-state index contributed by atoms with van der Waals surface area (Å²) in [5, 5.41) is 7.12. The van der Waals surface area contributed by atoms with Crippen LogP contribution in [0, 0.1) is 13.8 Å². The molecule has 0 spiro atoms. The number of hydrogen-bond acceptors (Lipinski definition) is 3. The Morgan fingerprint density at radius 2 is 2.32 bits per heavy atom. The van der Waals surface area contributed by atoms with E-state index >= 15 is 0 Å². The lowest BCUT2D eigenvalue weighted by Crippen LogP contribution is -2.40. The van der Waals surface area contributed by atoms with Crippen LogP contribution in [0.15, 0.2) is 24.5 Å². The summed E-state index contributed by atoms with van der Waals surface area (Å²) in [5.74, 6) is 0.596. The number of carbonyl (C=O) groups is 1. The Kier molecular flexibility index (Phi) is 4.22. The number of aromatic amines is 1. The van der Waals surface area contributed by atoms with Crippen LogP contribution in [0.5, 0.6) is 0 Å². The Morgan fingerprint density at radius 1 is 1.45 bits per heavy atom. The minimum Gasteiger partial charge on any atom is -0.342 e. The highest BCUT2D eigenvalue weighted by Crippen LogP contribution is 2.26. The van der Waals surface area contributed by atoms with Crippen molar-refractivity contribution in [3.05, 3.63) is 47.0 Å². The summed E-state index contributed by atoms with van der Waals surface area (Å²) in [4.78, 5) is 18.8. The van der Waals surface area contributed by atoms with Gasteiger partial charge in [0.15, 0.2) is 0 Å². The number of likely N-dealkylation sites (tertiary alicyclic amines) is 1. The molecular weight excluding hydrogens is 276 g/mol. The molecule has 3 rings (SSSR count). The van der Waals surface area contributed by atoms with E-state index in [0.717, 1.165) is 42.9 Å². The summed E-state index contributed by atoms with van der Waals surface area (Å²) in [5.41, 5.74) is 4.18. The number of carbonyl (C=O) groups excluding carboxylic acids is 1. The molecule has 0 aliphatic carbocycles. The highest BCUT2D eigenvalue weighted by Gasteiger charge is 2.25. The summed E-state index contributed by atoms with van der Waals surface area (Å²) in [6.07, 6.45) is 6.32. The molecule has 5 nitrogen and oxygen atoms in total. The molecule has 0 aromatic carbocycles. The molecular formula is C17H22N4O. The molecule has 22 heavy (non-hydrogen) atoms. The number of nitrogens with one attached hydrogen (secondary N) is 1. The quantitative estimate of drug-likeness (QED) is 0.946. The highest BCUT2D eigenvalue weighted by atomic mass is 16.2. The predicted molar refractivity (Wildman–Crippen MR) is 84.6 cm³/mol. The molecule has 3 heterocycles. The summed E-state index contributed by atoms with van der Waals surface area (Å²) < 4.78 is 0. The molecule has 0 bridgehead atoms. The number of aromatic nitrogens is 3. The summed E-state index contributed by atoms with van der Waals surface area (Å²) in [6.45, 7) is 5.56. The van der Waals surface area contributed by atoms with Crippen molar-refractivity contribution >= 4 is 5.91 Å². The Balaban J connectivity index is 1.68.